The summed E-state index contributed by atoms with van der Waals surface area (Å²) in [6.45, 7) is 8.83. The van der Waals surface area contributed by atoms with Crippen LogP contribution in [0.1, 0.15) is 39.4 Å². The van der Waals surface area contributed by atoms with Crippen molar-refractivity contribution < 1.29 is 9.47 Å². The van der Waals surface area contributed by atoms with Crippen LogP contribution in [0.4, 0.5) is 0 Å². The molecule has 5 heteroatoms. The fourth-order valence-electron chi connectivity index (χ4n) is 1.97. The van der Waals surface area contributed by atoms with Crippen molar-refractivity contribution in [3.05, 3.63) is 28.3 Å². The quantitative estimate of drug-likeness (QED) is 0.912. The van der Waals surface area contributed by atoms with Crippen LogP contribution < -0.4 is 15.0 Å². The molecular formula is C15H20N2O3. The number of aromatic nitrogens is 2. The van der Waals surface area contributed by atoms with E-state index in [0.717, 1.165) is 0 Å². The van der Waals surface area contributed by atoms with Crippen molar-refractivity contribution in [1.29, 1.82) is 0 Å². The summed E-state index contributed by atoms with van der Waals surface area (Å²) in [6, 6.07) is 3.46. The second-order valence-corrected chi connectivity index (χ2v) is 4.79. The van der Waals surface area contributed by atoms with Gasteiger partial charge < -0.3 is 14.5 Å². The highest BCUT2D eigenvalue weighted by molar-refractivity contribution is 5.81. The third kappa shape index (κ3) is 2.76. The molecule has 1 heterocycles. The Labute approximate surface area is 117 Å². The summed E-state index contributed by atoms with van der Waals surface area (Å²) in [5.74, 6) is 2.03. The number of rotatable bonds is 5. The summed E-state index contributed by atoms with van der Waals surface area (Å²) >= 11 is 0. The number of fused-ring (bicyclic) bond motifs is 1. The van der Waals surface area contributed by atoms with Crippen LogP contribution in [0.15, 0.2) is 16.9 Å². The Kier molecular flexibility index (Phi) is 4.27. The zero-order valence-electron chi connectivity index (χ0n) is 12.3. The number of ether oxygens (including phenoxy) is 2. The van der Waals surface area contributed by atoms with E-state index in [1.807, 2.05) is 27.7 Å². The molecule has 5 nitrogen and oxygen atoms in total. The van der Waals surface area contributed by atoms with Gasteiger partial charge in [-0.15, -0.1) is 0 Å². The van der Waals surface area contributed by atoms with E-state index in [0.29, 0.717) is 41.4 Å². The molecule has 0 amide bonds. The second kappa shape index (κ2) is 5.94. The molecule has 0 aliphatic rings. The molecule has 0 saturated carbocycles. The third-order valence-corrected chi connectivity index (χ3v) is 2.94. The maximum atomic E-state index is 12.1. The van der Waals surface area contributed by atoms with Gasteiger partial charge in [-0.3, -0.25) is 4.79 Å². The summed E-state index contributed by atoms with van der Waals surface area (Å²) in [7, 11) is 0. The molecule has 1 aromatic heterocycles. The van der Waals surface area contributed by atoms with Crippen molar-refractivity contribution in [2.45, 2.75) is 33.6 Å². The number of hydrogen-bond acceptors (Lipinski definition) is 4. The van der Waals surface area contributed by atoms with Gasteiger partial charge >= 0.3 is 0 Å². The molecule has 0 bridgehead atoms. The number of H-pyrrole nitrogens is 1. The first kappa shape index (κ1) is 14.4. The average molecular weight is 276 g/mol. The number of benzene rings is 1. The summed E-state index contributed by atoms with van der Waals surface area (Å²) < 4.78 is 11.1. The minimum Gasteiger partial charge on any atom is -0.490 e. The van der Waals surface area contributed by atoms with Crippen molar-refractivity contribution in [2.75, 3.05) is 13.2 Å². The van der Waals surface area contributed by atoms with Gasteiger partial charge in [0.25, 0.3) is 5.56 Å². The maximum Gasteiger partial charge on any atom is 0.258 e. The van der Waals surface area contributed by atoms with Gasteiger partial charge in [-0.25, -0.2) is 4.98 Å². The number of nitrogens with zero attached hydrogens (tertiary/aromatic N) is 1. The van der Waals surface area contributed by atoms with E-state index in [4.69, 9.17) is 9.47 Å². The first-order valence-corrected chi connectivity index (χ1v) is 6.90. The van der Waals surface area contributed by atoms with E-state index in [2.05, 4.69) is 9.97 Å². The molecule has 20 heavy (non-hydrogen) atoms. The van der Waals surface area contributed by atoms with Gasteiger partial charge in [-0.1, -0.05) is 13.8 Å². The van der Waals surface area contributed by atoms with Crippen LogP contribution in [0.3, 0.4) is 0 Å². The molecule has 2 aromatic rings. The number of hydrogen-bond donors (Lipinski definition) is 1. The molecule has 1 N–H and O–H groups in total. The standard InChI is InChI=1S/C15H20N2O3/c1-5-19-12-7-10-11(8-13(12)20-6-2)16-14(9(3)4)17-15(10)18/h7-9H,5-6H2,1-4H3,(H,16,17,18). The Bertz CT molecular complexity index is 662. The van der Waals surface area contributed by atoms with Gasteiger partial charge in [0.05, 0.1) is 24.1 Å². The smallest absolute Gasteiger partial charge is 0.258 e. The zero-order valence-corrected chi connectivity index (χ0v) is 12.3. The van der Waals surface area contributed by atoms with Gasteiger partial charge in [0.2, 0.25) is 0 Å². The van der Waals surface area contributed by atoms with Gasteiger partial charge in [-0.05, 0) is 19.9 Å². The zero-order chi connectivity index (χ0) is 14.7. The predicted octanol–water partition coefficient (Wildman–Crippen LogP) is 2.84. The largest absolute Gasteiger partial charge is 0.490 e. The summed E-state index contributed by atoms with van der Waals surface area (Å²) in [4.78, 5) is 19.4. The average Bonchev–Trinajstić information content (AvgIpc) is 2.40. The minimum atomic E-state index is -0.150. The van der Waals surface area contributed by atoms with Crippen LogP contribution in [0, 0.1) is 0 Å². The highest BCUT2D eigenvalue weighted by Gasteiger charge is 2.12. The lowest BCUT2D eigenvalue weighted by molar-refractivity contribution is 0.288. The molecule has 0 unspecified atom stereocenters. The number of nitrogens with one attached hydrogen (secondary N) is 1. The van der Waals surface area contributed by atoms with Crippen LogP contribution in [0.25, 0.3) is 10.9 Å². The first-order valence-electron chi connectivity index (χ1n) is 6.90. The van der Waals surface area contributed by atoms with Crippen LogP contribution in [-0.2, 0) is 0 Å². The van der Waals surface area contributed by atoms with Gasteiger partial charge in [0.15, 0.2) is 11.5 Å². The molecule has 0 aliphatic heterocycles. The molecule has 0 saturated heterocycles. The van der Waals surface area contributed by atoms with Crippen LogP contribution in [0.2, 0.25) is 0 Å². The van der Waals surface area contributed by atoms with Crippen LogP contribution in [0.5, 0.6) is 11.5 Å². The summed E-state index contributed by atoms with van der Waals surface area (Å²) in [6.07, 6.45) is 0. The first-order chi connectivity index (χ1) is 9.56. The van der Waals surface area contributed by atoms with E-state index in [1.54, 1.807) is 12.1 Å². The van der Waals surface area contributed by atoms with Crippen molar-refractivity contribution in [1.82, 2.24) is 9.97 Å². The van der Waals surface area contributed by atoms with Crippen LogP contribution >= 0.6 is 0 Å². The maximum absolute atomic E-state index is 12.1. The van der Waals surface area contributed by atoms with E-state index in [1.165, 1.54) is 0 Å². The lowest BCUT2D eigenvalue weighted by atomic mass is 10.1. The fourth-order valence-corrected chi connectivity index (χ4v) is 1.97. The van der Waals surface area contributed by atoms with Crippen molar-refractivity contribution >= 4 is 10.9 Å². The molecule has 0 fully saturated rings. The summed E-state index contributed by atoms with van der Waals surface area (Å²) in [5.41, 5.74) is 0.479. The minimum absolute atomic E-state index is 0.150. The normalized spacial score (nSPS) is 11.1. The molecule has 0 radical (unpaired) electrons. The predicted molar refractivity (Wildman–Crippen MR) is 78.8 cm³/mol. The van der Waals surface area contributed by atoms with Crippen LogP contribution in [-0.4, -0.2) is 23.2 Å². The Morgan fingerprint density at radius 1 is 1.15 bits per heavy atom. The van der Waals surface area contributed by atoms with Crippen molar-refractivity contribution in [3.63, 3.8) is 0 Å². The molecule has 1 aromatic carbocycles. The topological polar surface area (TPSA) is 64.2 Å². The van der Waals surface area contributed by atoms with E-state index in [-0.39, 0.29) is 11.5 Å². The highest BCUT2D eigenvalue weighted by atomic mass is 16.5. The SMILES string of the molecule is CCOc1cc2nc(C(C)C)[nH]c(=O)c2cc1OCC. The Balaban J connectivity index is 2.66. The Morgan fingerprint density at radius 2 is 1.75 bits per heavy atom. The fraction of sp³-hybridized carbons (Fsp3) is 0.467. The van der Waals surface area contributed by atoms with E-state index < -0.39 is 0 Å². The van der Waals surface area contributed by atoms with Crippen molar-refractivity contribution in [3.8, 4) is 11.5 Å². The number of aromatic amines is 1. The highest BCUT2D eigenvalue weighted by Crippen LogP contribution is 2.31. The summed E-state index contributed by atoms with van der Waals surface area (Å²) in [5, 5.41) is 0.515. The van der Waals surface area contributed by atoms with Gasteiger partial charge in [0, 0.05) is 12.0 Å². The van der Waals surface area contributed by atoms with Gasteiger partial charge in [0.1, 0.15) is 5.82 Å². The Hall–Kier alpha value is -2.04. The second-order valence-electron chi connectivity index (χ2n) is 4.79. The molecular weight excluding hydrogens is 256 g/mol. The lowest BCUT2D eigenvalue weighted by Gasteiger charge is -2.12. The van der Waals surface area contributed by atoms with E-state index in [9.17, 15) is 4.79 Å². The molecule has 108 valence electrons. The molecule has 0 aliphatic carbocycles. The van der Waals surface area contributed by atoms with Crippen molar-refractivity contribution in [2.24, 2.45) is 0 Å². The van der Waals surface area contributed by atoms with Gasteiger partial charge in [-0.2, -0.15) is 0 Å². The molecule has 0 spiro atoms. The van der Waals surface area contributed by atoms with E-state index >= 15 is 0 Å². The monoisotopic (exact) mass is 276 g/mol. The molecule has 2 rings (SSSR count). The lowest BCUT2D eigenvalue weighted by Crippen LogP contribution is -2.13. The Morgan fingerprint density at radius 3 is 2.30 bits per heavy atom. The third-order valence-electron chi connectivity index (χ3n) is 2.94. The molecule has 0 atom stereocenters.